The fourth-order valence-electron chi connectivity index (χ4n) is 0.711. The second-order valence-corrected chi connectivity index (χ2v) is 2.15. The van der Waals surface area contributed by atoms with E-state index in [0.29, 0.717) is 0 Å². The molecule has 1 atom stereocenters. The highest BCUT2D eigenvalue weighted by Crippen LogP contribution is 2.06. The van der Waals surface area contributed by atoms with Gasteiger partial charge in [0.05, 0.1) is 5.69 Å². The summed E-state index contributed by atoms with van der Waals surface area (Å²) < 4.78 is 0. The maximum Gasteiger partial charge on any atom is 0.0753 e. The average molecular weight is 137 g/mol. The van der Waals surface area contributed by atoms with E-state index in [4.69, 9.17) is 5.73 Å². The van der Waals surface area contributed by atoms with Crippen LogP contribution in [0.4, 0.5) is 0 Å². The number of rotatable bonds is 2. The van der Waals surface area contributed by atoms with Crippen molar-refractivity contribution >= 4 is 0 Å². The van der Waals surface area contributed by atoms with E-state index in [2.05, 4.69) is 9.97 Å². The number of hydrogen-bond acceptors (Lipinski definition) is 3. The molecule has 0 aliphatic rings. The Hall–Kier alpha value is -0.960. The first-order chi connectivity index (χ1) is 4.84. The van der Waals surface area contributed by atoms with Crippen LogP contribution in [0.3, 0.4) is 0 Å². The Kier molecular flexibility index (Phi) is 2.34. The van der Waals surface area contributed by atoms with Crippen molar-refractivity contribution in [2.45, 2.75) is 19.4 Å². The van der Waals surface area contributed by atoms with Crippen LogP contribution in [0.2, 0.25) is 0 Å². The quantitative estimate of drug-likeness (QED) is 0.658. The topological polar surface area (TPSA) is 51.8 Å². The standard InChI is InChI=1S/C7H11N3/c1-2-6(8)7-5-9-3-4-10-7/h3-6H,2,8H2,1H3/t6-/m1/s1. The van der Waals surface area contributed by atoms with Gasteiger partial charge in [0, 0.05) is 24.6 Å². The average Bonchev–Trinajstić information content (AvgIpc) is 2.05. The van der Waals surface area contributed by atoms with Gasteiger partial charge in [0.15, 0.2) is 0 Å². The van der Waals surface area contributed by atoms with Gasteiger partial charge in [-0.15, -0.1) is 0 Å². The van der Waals surface area contributed by atoms with E-state index in [1.165, 1.54) is 0 Å². The van der Waals surface area contributed by atoms with Crippen molar-refractivity contribution in [3.8, 4) is 0 Å². The maximum atomic E-state index is 5.69. The summed E-state index contributed by atoms with van der Waals surface area (Å²) in [7, 11) is 0. The smallest absolute Gasteiger partial charge is 0.0753 e. The molecule has 2 N–H and O–H groups in total. The van der Waals surface area contributed by atoms with Gasteiger partial charge in [0.2, 0.25) is 0 Å². The lowest BCUT2D eigenvalue weighted by Gasteiger charge is -2.04. The molecule has 0 saturated carbocycles. The monoisotopic (exact) mass is 137 g/mol. The Morgan fingerprint density at radius 3 is 2.90 bits per heavy atom. The number of aromatic nitrogens is 2. The van der Waals surface area contributed by atoms with Crippen LogP contribution in [0.5, 0.6) is 0 Å². The molecule has 1 rings (SSSR count). The molecule has 0 aliphatic heterocycles. The maximum absolute atomic E-state index is 5.69. The van der Waals surface area contributed by atoms with Crippen molar-refractivity contribution in [2.75, 3.05) is 0 Å². The molecule has 10 heavy (non-hydrogen) atoms. The Bertz CT molecular complexity index is 185. The molecule has 3 nitrogen and oxygen atoms in total. The molecule has 0 radical (unpaired) electrons. The Morgan fingerprint density at radius 2 is 2.40 bits per heavy atom. The van der Waals surface area contributed by atoms with Gasteiger partial charge in [-0.2, -0.15) is 0 Å². The predicted molar refractivity (Wildman–Crippen MR) is 39.3 cm³/mol. The molecule has 0 bridgehead atoms. The van der Waals surface area contributed by atoms with Crippen LogP contribution >= 0.6 is 0 Å². The summed E-state index contributed by atoms with van der Waals surface area (Å²) in [6, 6.07) is 0.0358. The zero-order valence-corrected chi connectivity index (χ0v) is 5.99. The van der Waals surface area contributed by atoms with Crippen molar-refractivity contribution < 1.29 is 0 Å². The van der Waals surface area contributed by atoms with E-state index >= 15 is 0 Å². The van der Waals surface area contributed by atoms with Gasteiger partial charge in [-0.1, -0.05) is 6.92 Å². The van der Waals surface area contributed by atoms with Gasteiger partial charge < -0.3 is 5.73 Å². The minimum Gasteiger partial charge on any atom is -0.323 e. The molecule has 0 amide bonds. The van der Waals surface area contributed by atoms with Gasteiger partial charge in [-0.05, 0) is 6.42 Å². The van der Waals surface area contributed by atoms with Crippen molar-refractivity contribution in [3.05, 3.63) is 24.3 Å². The van der Waals surface area contributed by atoms with Crippen LogP contribution in [-0.4, -0.2) is 9.97 Å². The minimum atomic E-state index is 0.0358. The van der Waals surface area contributed by atoms with E-state index in [9.17, 15) is 0 Å². The normalized spacial score (nSPS) is 13.0. The molecule has 0 unspecified atom stereocenters. The number of nitrogens with two attached hydrogens (primary N) is 1. The van der Waals surface area contributed by atoms with E-state index in [1.807, 2.05) is 6.92 Å². The zero-order valence-electron chi connectivity index (χ0n) is 5.99. The molecular formula is C7H11N3. The lowest BCUT2D eigenvalue weighted by molar-refractivity contribution is 0.671. The molecule has 54 valence electrons. The van der Waals surface area contributed by atoms with Gasteiger partial charge in [0.25, 0.3) is 0 Å². The van der Waals surface area contributed by atoms with Crippen molar-refractivity contribution in [1.29, 1.82) is 0 Å². The van der Waals surface area contributed by atoms with Crippen LogP contribution in [-0.2, 0) is 0 Å². The Morgan fingerprint density at radius 1 is 1.60 bits per heavy atom. The molecule has 0 saturated heterocycles. The molecule has 0 spiro atoms. The van der Waals surface area contributed by atoms with Crippen molar-refractivity contribution in [1.82, 2.24) is 9.97 Å². The Balaban J connectivity index is 2.75. The minimum absolute atomic E-state index is 0.0358. The van der Waals surface area contributed by atoms with Gasteiger partial charge in [0.1, 0.15) is 0 Å². The summed E-state index contributed by atoms with van der Waals surface area (Å²) in [5.41, 5.74) is 6.56. The summed E-state index contributed by atoms with van der Waals surface area (Å²) in [5, 5.41) is 0. The third-order valence-corrected chi connectivity index (χ3v) is 1.40. The van der Waals surface area contributed by atoms with Crippen molar-refractivity contribution in [2.24, 2.45) is 5.73 Å². The third kappa shape index (κ3) is 1.51. The predicted octanol–water partition coefficient (Wildman–Crippen LogP) is 0.886. The van der Waals surface area contributed by atoms with E-state index in [1.54, 1.807) is 18.6 Å². The van der Waals surface area contributed by atoms with Crippen LogP contribution in [0.25, 0.3) is 0 Å². The van der Waals surface area contributed by atoms with Gasteiger partial charge in [-0.3, -0.25) is 9.97 Å². The summed E-state index contributed by atoms with van der Waals surface area (Å²) in [6.45, 7) is 2.03. The molecule has 3 heteroatoms. The highest BCUT2D eigenvalue weighted by Gasteiger charge is 2.01. The second kappa shape index (κ2) is 3.27. The second-order valence-electron chi connectivity index (χ2n) is 2.15. The zero-order chi connectivity index (χ0) is 7.40. The van der Waals surface area contributed by atoms with Crippen LogP contribution in [0, 0.1) is 0 Å². The first kappa shape index (κ1) is 7.15. The highest BCUT2D eigenvalue weighted by molar-refractivity contribution is 5.00. The summed E-state index contributed by atoms with van der Waals surface area (Å²) in [6.07, 6.45) is 5.91. The van der Waals surface area contributed by atoms with Gasteiger partial charge in [-0.25, -0.2) is 0 Å². The van der Waals surface area contributed by atoms with Crippen molar-refractivity contribution in [3.63, 3.8) is 0 Å². The van der Waals surface area contributed by atoms with E-state index in [-0.39, 0.29) is 6.04 Å². The summed E-state index contributed by atoms with van der Waals surface area (Å²) in [4.78, 5) is 7.97. The highest BCUT2D eigenvalue weighted by atomic mass is 14.8. The summed E-state index contributed by atoms with van der Waals surface area (Å²) >= 11 is 0. The SMILES string of the molecule is CC[C@@H](N)c1cnccn1. The van der Waals surface area contributed by atoms with E-state index in [0.717, 1.165) is 12.1 Å². The fraction of sp³-hybridized carbons (Fsp3) is 0.429. The first-order valence-electron chi connectivity index (χ1n) is 3.36. The lowest BCUT2D eigenvalue weighted by Crippen LogP contribution is -2.10. The number of hydrogen-bond donors (Lipinski definition) is 1. The molecule has 0 fully saturated rings. The molecule has 0 aromatic carbocycles. The molecule has 1 heterocycles. The Labute approximate surface area is 60.3 Å². The molecule has 1 aromatic heterocycles. The van der Waals surface area contributed by atoms with Crippen LogP contribution in [0.15, 0.2) is 18.6 Å². The van der Waals surface area contributed by atoms with Crippen LogP contribution in [0.1, 0.15) is 25.1 Å². The van der Waals surface area contributed by atoms with E-state index < -0.39 is 0 Å². The fourth-order valence-corrected chi connectivity index (χ4v) is 0.711. The third-order valence-electron chi connectivity index (χ3n) is 1.40. The molecule has 1 aromatic rings. The first-order valence-corrected chi connectivity index (χ1v) is 3.36. The molecule has 0 aliphatic carbocycles. The van der Waals surface area contributed by atoms with Gasteiger partial charge >= 0.3 is 0 Å². The lowest BCUT2D eigenvalue weighted by atomic mass is 10.2. The number of nitrogens with zero attached hydrogens (tertiary/aromatic N) is 2. The summed E-state index contributed by atoms with van der Waals surface area (Å²) in [5.74, 6) is 0. The molecular weight excluding hydrogens is 126 g/mol. The largest absolute Gasteiger partial charge is 0.323 e. The van der Waals surface area contributed by atoms with Crippen LogP contribution < -0.4 is 5.73 Å².